The number of amides is 1. The Bertz CT molecular complexity index is 1280. The summed E-state index contributed by atoms with van der Waals surface area (Å²) in [5.74, 6) is 2.11. The predicted molar refractivity (Wildman–Crippen MR) is 108 cm³/mol. The number of benzene rings is 1. The average Bonchev–Trinajstić information content (AvgIpc) is 3.37. The fraction of sp³-hybridized carbons (Fsp3) is 0.250. The van der Waals surface area contributed by atoms with Gasteiger partial charge in [0, 0.05) is 23.5 Å². The highest BCUT2D eigenvalue weighted by atomic mass is 16.5. The third-order valence-corrected chi connectivity index (χ3v) is 5.32. The highest BCUT2D eigenvalue weighted by Gasteiger charge is 2.35. The number of nitrogens with zero attached hydrogens (tertiary/aromatic N) is 5. The summed E-state index contributed by atoms with van der Waals surface area (Å²) in [5, 5.41) is 7.66. The van der Waals surface area contributed by atoms with Crippen LogP contribution in [-0.2, 0) is 4.79 Å². The van der Waals surface area contributed by atoms with Crippen molar-refractivity contribution in [1.29, 1.82) is 0 Å². The Morgan fingerprint density at radius 3 is 2.83 bits per heavy atom. The second-order valence-corrected chi connectivity index (χ2v) is 6.97. The van der Waals surface area contributed by atoms with Gasteiger partial charge in [0.05, 0.1) is 26.2 Å². The number of aryl methyl sites for hydroxylation is 1. The van der Waals surface area contributed by atoms with Crippen molar-refractivity contribution in [1.82, 2.24) is 29.7 Å². The summed E-state index contributed by atoms with van der Waals surface area (Å²) in [6.45, 7) is 1.91. The summed E-state index contributed by atoms with van der Waals surface area (Å²) in [6.07, 6.45) is 3.25. The molecule has 2 N–H and O–H groups in total. The molecule has 0 spiro atoms. The molecule has 1 aromatic carbocycles. The lowest BCUT2D eigenvalue weighted by Gasteiger charge is -2.26. The molecule has 3 aromatic heterocycles. The van der Waals surface area contributed by atoms with Gasteiger partial charge in [-0.25, -0.2) is 15.0 Å². The van der Waals surface area contributed by atoms with E-state index in [0.29, 0.717) is 34.3 Å². The summed E-state index contributed by atoms with van der Waals surface area (Å²) >= 11 is 0. The third kappa shape index (κ3) is 2.68. The van der Waals surface area contributed by atoms with E-state index in [2.05, 4.69) is 25.3 Å². The number of aromatic nitrogens is 6. The average molecular weight is 405 g/mol. The van der Waals surface area contributed by atoms with E-state index >= 15 is 0 Å². The monoisotopic (exact) mass is 405 g/mol. The number of anilines is 1. The Morgan fingerprint density at radius 1 is 1.17 bits per heavy atom. The second-order valence-electron chi connectivity index (χ2n) is 6.97. The number of hydrogen-bond acceptors (Lipinski definition) is 7. The van der Waals surface area contributed by atoms with Crippen molar-refractivity contribution in [2.24, 2.45) is 0 Å². The summed E-state index contributed by atoms with van der Waals surface area (Å²) < 4.78 is 12.6. The minimum absolute atomic E-state index is 0.117. The number of fused-ring (bicyclic) bond motifs is 2. The Hall–Kier alpha value is -3.95. The first-order valence-electron chi connectivity index (χ1n) is 9.36. The number of methoxy groups -OCH3 is 2. The Labute approximate surface area is 171 Å². The van der Waals surface area contributed by atoms with Crippen molar-refractivity contribution >= 4 is 22.9 Å². The van der Waals surface area contributed by atoms with Crippen LogP contribution >= 0.6 is 0 Å². The second kappa shape index (κ2) is 6.83. The molecule has 4 aromatic rings. The molecule has 30 heavy (non-hydrogen) atoms. The van der Waals surface area contributed by atoms with Crippen molar-refractivity contribution in [3.8, 4) is 17.3 Å². The van der Waals surface area contributed by atoms with Gasteiger partial charge in [-0.15, -0.1) is 0 Å². The first kappa shape index (κ1) is 18.1. The van der Waals surface area contributed by atoms with Gasteiger partial charge < -0.3 is 19.8 Å². The lowest BCUT2D eigenvalue weighted by Crippen LogP contribution is -2.25. The molecule has 0 bridgehead atoms. The highest BCUT2D eigenvalue weighted by Crippen LogP contribution is 2.44. The summed E-state index contributed by atoms with van der Waals surface area (Å²) in [6, 6.07) is 5.58. The number of hydrogen-bond donors (Lipinski definition) is 2. The molecule has 0 radical (unpaired) electrons. The molecule has 1 aliphatic heterocycles. The van der Waals surface area contributed by atoms with Crippen LogP contribution in [0.2, 0.25) is 0 Å². The first-order valence-corrected chi connectivity index (χ1v) is 9.36. The number of aromatic amines is 1. The van der Waals surface area contributed by atoms with Crippen molar-refractivity contribution in [3.05, 3.63) is 47.7 Å². The molecule has 5 rings (SSSR count). The minimum atomic E-state index is -0.244. The van der Waals surface area contributed by atoms with E-state index in [9.17, 15) is 4.79 Å². The summed E-state index contributed by atoms with van der Waals surface area (Å²) in [5.41, 5.74) is 3.72. The molecule has 0 unspecified atom stereocenters. The van der Waals surface area contributed by atoms with Crippen LogP contribution < -0.4 is 14.8 Å². The molecule has 10 heteroatoms. The van der Waals surface area contributed by atoms with Crippen molar-refractivity contribution < 1.29 is 14.3 Å². The van der Waals surface area contributed by atoms with Gasteiger partial charge in [0.15, 0.2) is 11.5 Å². The number of imidazole rings is 1. The Balaban J connectivity index is 1.73. The van der Waals surface area contributed by atoms with Crippen LogP contribution in [0.4, 0.5) is 5.82 Å². The number of carbonyl (C=O) groups is 1. The third-order valence-electron chi connectivity index (χ3n) is 5.32. The van der Waals surface area contributed by atoms with E-state index in [-0.39, 0.29) is 18.2 Å². The zero-order chi connectivity index (χ0) is 20.8. The van der Waals surface area contributed by atoms with Crippen LogP contribution in [0.15, 0.2) is 30.9 Å². The maximum atomic E-state index is 12.7. The van der Waals surface area contributed by atoms with Crippen molar-refractivity contribution in [2.45, 2.75) is 19.3 Å². The van der Waals surface area contributed by atoms with Gasteiger partial charge in [0.25, 0.3) is 0 Å². The minimum Gasteiger partial charge on any atom is -0.497 e. The Morgan fingerprint density at radius 2 is 2.03 bits per heavy atom. The van der Waals surface area contributed by atoms with E-state index in [0.717, 1.165) is 16.8 Å². The number of ether oxygens (including phenoxy) is 2. The number of H-pyrrole nitrogens is 1. The van der Waals surface area contributed by atoms with Gasteiger partial charge in [-0.1, -0.05) is 0 Å². The highest BCUT2D eigenvalue weighted by molar-refractivity contribution is 5.95. The fourth-order valence-corrected chi connectivity index (χ4v) is 3.99. The van der Waals surface area contributed by atoms with E-state index in [4.69, 9.17) is 14.6 Å². The van der Waals surface area contributed by atoms with Crippen LogP contribution in [0.1, 0.15) is 29.2 Å². The van der Waals surface area contributed by atoms with Crippen LogP contribution in [0.3, 0.4) is 0 Å². The zero-order valence-electron chi connectivity index (χ0n) is 16.6. The zero-order valence-corrected chi connectivity index (χ0v) is 16.6. The van der Waals surface area contributed by atoms with Crippen LogP contribution in [0.25, 0.3) is 17.0 Å². The van der Waals surface area contributed by atoms with Gasteiger partial charge in [0.1, 0.15) is 29.2 Å². The summed E-state index contributed by atoms with van der Waals surface area (Å²) in [4.78, 5) is 28.4. The standard InChI is InChI=1S/C20H19N7O3/c1-10-16-13(12-6-11(29-2)4-5-14(12)30-3)7-15(28)25-19(16)27(26-10)20-17-18(22-8-21-17)23-9-24-20/h4-6,8-9,13H,7H2,1-3H3,(H,25,28)(H,21,22,23,24)/t13-/m1/s1. The topological polar surface area (TPSA) is 120 Å². The SMILES string of the molecule is COc1ccc(OC)c([C@H]2CC(=O)Nc3c2c(C)nn3-c2ncnc3nc[nH]c23)c1. The van der Waals surface area contributed by atoms with E-state index < -0.39 is 0 Å². The predicted octanol–water partition coefficient (Wildman–Crippen LogP) is 2.34. The maximum Gasteiger partial charge on any atom is 0.226 e. The van der Waals surface area contributed by atoms with Gasteiger partial charge in [-0.2, -0.15) is 9.78 Å². The maximum absolute atomic E-state index is 12.7. The van der Waals surface area contributed by atoms with Gasteiger partial charge in [-0.3, -0.25) is 4.79 Å². The molecule has 152 valence electrons. The smallest absolute Gasteiger partial charge is 0.226 e. The Kier molecular flexibility index (Phi) is 4.12. The van der Waals surface area contributed by atoms with Gasteiger partial charge in [0.2, 0.25) is 5.91 Å². The van der Waals surface area contributed by atoms with E-state index in [1.165, 1.54) is 6.33 Å². The molecule has 0 aliphatic carbocycles. The summed E-state index contributed by atoms with van der Waals surface area (Å²) in [7, 11) is 3.22. The molecular weight excluding hydrogens is 386 g/mol. The van der Waals surface area contributed by atoms with Crippen LogP contribution in [0.5, 0.6) is 11.5 Å². The number of nitrogens with one attached hydrogen (secondary N) is 2. The molecule has 0 fully saturated rings. The molecule has 1 aliphatic rings. The number of rotatable bonds is 4. The van der Waals surface area contributed by atoms with Gasteiger partial charge in [-0.05, 0) is 25.1 Å². The molecule has 4 heterocycles. The molecule has 1 amide bonds. The van der Waals surface area contributed by atoms with Crippen molar-refractivity contribution in [2.75, 3.05) is 19.5 Å². The van der Waals surface area contributed by atoms with Gasteiger partial charge >= 0.3 is 0 Å². The van der Waals surface area contributed by atoms with E-state index in [1.54, 1.807) is 25.2 Å². The molecular formula is C20H19N7O3. The van der Waals surface area contributed by atoms with E-state index in [1.807, 2.05) is 25.1 Å². The first-order chi connectivity index (χ1) is 14.6. The molecule has 10 nitrogen and oxygen atoms in total. The van der Waals surface area contributed by atoms with Crippen LogP contribution in [0, 0.1) is 6.92 Å². The molecule has 1 atom stereocenters. The largest absolute Gasteiger partial charge is 0.497 e. The lowest BCUT2D eigenvalue weighted by atomic mass is 9.85. The van der Waals surface area contributed by atoms with Crippen molar-refractivity contribution in [3.63, 3.8) is 0 Å². The lowest BCUT2D eigenvalue weighted by molar-refractivity contribution is -0.116. The number of carbonyl (C=O) groups excluding carboxylic acids is 1. The van der Waals surface area contributed by atoms with Crippen LogP contribution in [-0.4, -0.2) is 49.8 Å². The molecule has 0 saturated heterocycles. The quantitative estimate of drug-likeness (QED) is 0.535. The fourth-order valence-electron chi connectivity index (χ4n) is 3.99. The molecule has 0 saturated carbocycles. The normalized spacial score (nSPS) is 15.7.